The van der Waals surface area contributed by atoms with E-state index in [9.17, 15) is 0 Å². The molecule has 128 heavy (non-hydrogen) atoms. The molecular weight excluding hydrogens is 1640 g/mol. The van der Waals surface area contributed by atoms with Crippen LogP contribution < -0.4 is 82.5 Å². The van der Waals surface area contributed by atoms with E-state index in [0.29, 0.717) is 0 Å². The average molecular weight is 1800 g/mol. The van der Waals surface area contributed by atoms with Crippen LogP contribution in [-0.4, -0.2) is 24.6 Å². The Kier molecular flexibility index (Phi) is 58.9. The fraction of sp³-hybridized carbons (Fsp3) is 0.400. The third-order valence-corrected chi connectivity index (χ3v) is 43.9. The van der Waals surface area contributed by atoms with Gasteiger partial charge in [-0.15, -0.1) is 0 Å². The molecule has 0 fully saturated rings. The minimum atomic E-state index is -1.63. The van der Waals surface area contributed by atoms with E-state index in [1.54, 1.807) is 0 Å². The third kappa shape index (κ3) is 36.0. The largest absolute Gasteiger partial charge is 1.00 e. The number of hydrogen-bond acceptors (Lipinski definition) is 0. The highest BCUT2D eigenvalue weighted by Crippen LogP contribution is 2.59. The molecule has 0 radical (unpaired) electrons. The molecule has 0 spiro atoms. The van der Waals surface area contributed by atoms with Crippen LogP contribution in [0.4, 0.5) is 0 Å². The van der Waals surface area contributed by atoms with E-state index in [2.05, 4.69) is 392 Å². The molecule has 12 rings (SSSR count). The second-order valence-corrected chi connectivity index (χ2v) is 49.4. The highest BCUT2D eigenvalue weighted by molar-refractivity contribution is 7.97. The zero-order valence-corrected chi connectivity index (χ0v) is 82.6. The quantitative estimate of drug-likeness (QED) is 0.0202. The first kappa shape index (κ1) is 111. The summed E-state index contributed by atoms with van der Waals surface area (Å²) in [7, 11) is -6.51. The molecule has 8 heteroatoms. The molecule has 0 saturated carbocycles. The molecule has 0 saturated heterocycles. The van der Waals surface area contributed by atoms with Crippen LogP contribution in [0.1, 0.15) is 285 Å². The summed E-state index contributed by atoms with van der Waals surface area (Å²) in [6, 6.07) is 136. The molecule has 0 amide bonds. The fourth-order valence-corrected chi connectivity index (χ4v) is 36.5. The van der Waals surface area contributed by atoms with E-state index in [1.807, 2.05) is 0 Å². The van der Waals surface area contributed by atoms with Crippen LogP contribution in [0.25, 0.3) is 0 Å². The fourth-order valence-electron chi connectivity index (χ4n) is 18.9. The first-order valence-corrected chi connectivity index (χ1v) is 57.6. The van der Waals surface area contributed by atoms with Crippen molar-refractivity contribution < 1.29 is 18.8 Å². The Morgan fingerprint density at radius 2 is 0.188 bits per heavy atom. The minimum Gasteiger partial charge on any atom is -1.00 e. The van der Waals surface area contributed by atoms with Crippen molar-refractivity contribution in [3.05, 3.63) is 364 Å². The summed E-state index contributed by atoms with van der Waals surface area (Å²) in [5.74, 6) is 0. The summed E-state index contributed by atoms with van der Waals surface area (Å²) in [6.45, 7) is 9.18. The van der Waals surface area contributed by atoms with Crippen molar-refractivity contribution in [1.29, 1.82) is 0 Å². The average Bonchev–Trinajstić information content (AvgIpc) is 0.777. The molecule has 0 nitrogen and oxygen atoms in total. The van der Waals surface area contributed by atoms with Gasteiger partial charge in [0.2, 0.25) is 0 Å². The summed E-state index contributed by atoms with van der Waals surface area (Å²) in [6.07, 6.45) is 60.6. The number of unbranched alkanes of at least 4 members (excludes halogenated alkanes) is 36. The Morgan fingerprint density at radius 1 is 0.109 bits per heavy atom. The molecule has 0 aliphatic heterocycles. The lowest BCUT2D eigenvalue weighted by atomic mass is 10.1. The first-order valence-electron chi connectivity index (χ1n) is 49.7. The van der Waals surface area contributed by atoms with Gasteiger partial charge in [-0.2, -0.15) is 0 Å². The predicted molar refractivity (Wildman–Crippen MR) is 567 cm³/mol. The van der Waals surface area contributed by atoms with E-state index < -0.39 is 29.0 Å². The molecule has 0 unspecified atom stereocenters. The van der Waals surface area contributed by atoms with Gasteiger partial charge in [-0.1, -0.05) is 452 Å². The number of hydrogen-bond donors (Lipinski definition) is 0. The Balaban J connectivity index is 0.000000299. The summed E-state index contributed by atoms with van der Waals surface area (Å²) >= 11 is 0. The van der Waals surface area contributed by atoms with Crippen molar-refractivity contribution in [3.8, 4) is 0 Å². The molecule has 0 aromatic heterocycles. The lowest BCUT2D eigenvalue weighted by Crippen LogP contribution is -3.00. The molecule has 0 aliphatic carbocycles. The molecule has 12 aromatic rings. The Bertz CT molecular complexity index is 3530. The van der Waals surface area contributed by atoms with Gasteiger partial charge in [0.05, 0.1) is 24.6 Å². The van der Waals surface area contributed by atoms with E-state index in [4.69, 9.17) is 0 Å². The number of rotatable bonds is 56. The molecular formula is C120H160F4P4. The van der Waals surface area contributed by atoms with Gasteiger partial charge in [0.15, 0.2) is 0 Å². The summed E-state index contributed by atoms with van der Waals surface area (Å²) in [5.41, 5.74) is 0. The van der Waals surface area contributed by atoms with Crippen molar-refractivity contribution in [2.45, 2.75) is 285 Å². The van der Waals surface area contributed by atoms with Crippen LogP contribution in [0.15, 0.2) is 364 Å². The maximum absolute atomic E-state index is 2.37. The maximum Gasteiger partial charge on any atom is 0.112 e. The van der Waals surface area contributed by atoms with Crippen molar-refractivity contribution in [1.82, 2.24) is 0 Å². The van der Waals surface area contributed by atoms with Gasteiger partial charge in [-0.05, 0) is 197 Å². The second kappa shape index (κ2) is 68.2. The maximum atomic E-state index is 2.37. The van der Waals surface area contributed by atoms with Gasteiger partial charge >= 0.3 is 0 Å². The van der Waals surface area contributed by atoms with E-state index >= 15 is 0 Å². The number of halogens is 4. The van der Waals surface area contributed by atoms with Gasteiger partial charge in [-0.25, -0.2) is 0 Å². The van der Waals surface area contributed by atoms with Crippen molar-refractivity contribution >= 4 is 92.7 Å². The zero-order valence-electron chi connectivity index (χ0n) is 79.1. The van der Waals surface area contributed by atoms with Crippen LogP contribution >= 0.6 is 29.0 Å². The van der Waals surface area contributed by atoms with Gasteiger partial charge in [0.1, 0.15) is 92.7 Å². The molecule has 12 aromatic carbocycles. The van der Waals surface area contributed by atoms with Crippen LogP contribution in [0.3, 0.4) is 0 Å². The summed E-state index contributed by atoms with van der Waals surface area (Å²) < 4.78 is 0. The standard InChI is InChI=1S/4C30H40P.4FH/c4*1-2-3-4-5-6-7-8-9-10-20-27-31(28-21-14-11-15-22-28,29-23-16-12-17-24-29)30-25-18-13-19-26-30;;;;/h4*11-19,21-26H,2-10,20,27H2,1H3;4*1H/q4*+1;;;;/p-4. The lowest BCUT2D eigenvalue weighted by molar-refractivity contribution is -0.00100. The van der Waals surface area contributed by atoms with Crippen molar-refractivity contribution in [2.75, 3.05) is 24.6 Å². The highest BCUT2D eigenvalue weighted by Gasteiger charge is 2.48. The summed E-state index contributed by atoms with van der Waals surface area (Å²) in [4.78, 5) is 0. The van der Waals surface area contributed by atoms with E-state index in [-0.39, 0.29) is 18.8 Å². The van der Waals surface area contributed by atoms with Crippen molar-refractivity contribution in [3.63, 3.8) is 0 Å². The van der Waals surface area contributed by atoms with Crippen LogP contribution in [0.2, 0.25) is 0 Å². The molecule has 0 N–H and O–H groups in total. The van der Waals surface area contributed by atoms with E-state index in [0.717, 1.165) is 0 Å². The second-order valence-electron chi connectivity index (χ2n) is 34.9. The third-order valence-electron chi connectivity index (χ3n) is 25.8. The lowest BCUT2D eigenvalue weighted by Gasteiger charge is -2.27. The van der Waals surface area contributed by atoms with Gasteiger partial charge < -0.3 is 18.8 Å². The van der Waals surface area contributed by atoms with Gasteiger partial charge in [-0.3, -0.25) is 0 Å². The zero-order chi connectivity index (χ0) is 86.5. The van der Waals surface area contributed by atoms with Crippen LogP contribution in [0, 0.1) is 0 Å². The predicted octanol–water partition coefficient (Wildman–Crippen LogP) is 19.6. The summed E-state index contributed by atoms with van der Waals surface area (Å²) in [5, 5.41) is 18.2. The number of benzene rings is 12. The normalized spacial score (nSPS) is 11.2. The Hall–Kier alpha value is -7.92. The molecule has 0 heterocycles. The van der Waals surface area contributed by atoms with Crippen molar-refractivity contribution in [2.24, 2.45) is 0 Å². The minimum absolute atomic E-state index is 0. The van der Waals surface area contributed by atoms with Crippen LogP contribution in [0.5, 0.6) is 0 Å². The Labute approximate surface area is 779 Å². The van der Waals surface area contributed by atoms with Crippen LogP contribution in [-0.2, 0) is 0 Å². The monoisotopic (exact) mass is 1800 g/mol. The molecule has 688 valence electrons. The molecule has 0 atom stereocenters. The SMILES string of the molecule is CCCCCCCCCCCC[P+](c1ccccc1)(c1ccccc1)c1ccccc1.CCCCCCCCCCCC[P+](c1ccccc1)(c1ccccc1)c1ccccc1.CCCCCCCCCCCC[P+](c1ccccc1)(c1ccccc1)c1ccccc1.CCCCCCCCCCCC[P+](c1ccccc1)(c1ccccc1)c1ccccc1.[F-].[F-].[F-].[F-]. The van der Waals surface area contributed by atoms with Gasteiger partial charge in [0.25, 0.3) is 0 Å². The first-order chi connectivity index (χ1) is 61.5. The Morgan fingerprint density at radius 3 is 0.273 bits per heavy atom. The highest BCUT2D eigenvalue weighted by atomic mass is 31.2. The molecule has 0 bridgehead atoms. The molecule has 0 aliphatic rings. The smallest absolute Gasteiger partial charge is 0.112 e. The van der Waals surface area contributed by atoms with Gasteiger partial charge in [0, 0.05) is 0 Å². The van der Waals surface area contributed by atoms with E-state index in [1.165, 1.54) is 345 Å². The topological polar surface area (TPSA) is 0 Å².